The molecule has 106 valence electrons. The molecule has 2 heteroatoms. The Bertz CT molecular complexity index is 392. The van der Waals surface area contributed by atoms with Gasteiger partial charge in [0.05, 0.1) is 0 Å². The second-order valence-corrected chi connectivity index (χ2v) is 6.86. The Morgan fingerprint density at radius 1 is 1.21 bits per heavy atom. The average molecular weight is 324 g/mol. The van der Waals surface area contributed by atoms with Crippen molar-refractivity contribution in [1.29, 1.82) is 0 Å². The van der Waals surface area contributed by atoms with Gasteiger partial charge < -0.3 is 5.32 Å². The molecule has 1 aliphatic rings. The van der Waals surface area contributed by atoms with Crippen molar-refractivity contribution < 1.29 is 0 Å². The van der Waals surface area contributed by atoms with Gasteiger partial charge in [-0.15, -0.1) is 0 Å². The van der Waals surface area contributed by atoms with Crippen molar-refractivity contribution in [2.75, 3.05) is 6.54 Å². The lowest BCUT2D eigenvalue weighted by Gasteiger charge is -2.35. The third kappa shape index (κ3) is 4.06. The van der Waals surface area contributed by atoms with Crippen molar-refractivity contribution in [3.05, 3.63) is 34.3 Å². The van der Waals surface area contributed by atoms with Crippen molar-refractivity contribution in [2.24, 2.45) is 0 Å². The maximum atomic E-state index is 3.77. The van der Waals surface area contributed by atoms with Crippen molar-refractivity contribution >= 4 is 15.9 Å². The normalized spacial score (nSPS) is 15.7. The minimum Gasteiger partial charge on any atom is -0.313 e. The summed E-state index contributed by atoms with van der Waals surface area (Å²) in [5.74, 6) is 0. The topological polar surface area (TPSA) is 12.0 Å². The van der Waals surface area contributed by atoms with Crippen LogP contribution in [0.5, 0.6) is 0 Å². The van der Waals surface area contributed by atoms with Crippen LogP contribution in [-0.2, 0) is 5.41 Å². The molecule has 0 aromatic heterocycles. The Hall–Kier alpha value is -0.340. The highest BCUT2D eigenvalue weighted by Gasteiger charge is 2.33. The minimum atomic E-state index is 0.315. The highest BCUT2D eigenvalue weighted by Crippen LogP contribution is 2.36. The van der Waals surface area contributed by atoms with Gasteiger partial charge >= 0.3 is 0 Å². The van der Waals surface area contributed by atoms with Crippen molar-refractivity contribution in [2.45, 2.75) is 63.8 Å². The summed E-state index contributed by atoms with van der Waals surface area (Å²) in [5.41, 5.74) is 1.81. The molecular formula is C17H26BrN. The van der Waals surface area contributed by atoms with Crippen LogP contribution in [0.1, 0.15) is 57.9 Å². The van der Waals surface area contributed by atoms with Crippen LogP contribution in [0.4, 0.5) is 0 Å². The van der Waals surface area contributed by atoms with Crippen LogP contribution < -0.4 is 5.32 Å². The van der Waals surface area contributed by atoms with Crippen LogP contribution in [0.3, 0.4) is 0 Å². The summed E-state index contributed by atoms with van der Waals surface area (Å²) in [6, 6.07) is 9.72. The van der Waals surface area contributed by atoms with Gasteiger partial charge in [0, 0.05) is 22.5 Å². The number of hydrogen-bond donors (Lipinski definition) is 1. The molecule has 0 heterocycles. The zero-order valence-corrected chi connectivity index (χ0v) is 13.8. The average Bonchev–Trinajstić information content (AvgIpc) is 3.20. The van der Waals surface area contributed by atoms with Gasteiger partial charge in [-0.05, 0) is 43.4 Å². The fraction of sp³-hybridized carbons (Fsp3) is 0.647. The van der Waals surface area contributed by atoms with E-state index >= 15 is 0 Å². The SMILES string of the molecule is CCCC(CCC)(CNC1CC1)c1cccc(Br)c1. The summed E-state index contributed by atoms with van der Waals surface area (Å²) in [4.78, 5) is 0. The van der Waals surface area contributed by atoms with Crippen LogP contribution in [0.2, 0.25) is 0 Å². The fourth-order valence-corrected chi connectivity index (χ4v) is 3.49. The Morgan fingerprint density at radius 3 is 2.42 bits per heavy atom. The van der Waals surface area contributed by atoms with E-state index in [-0.39, 0.29) is 0 Å². The van der Waals surface area contributed by atoms with Gasteiger partial charge in [-0.2, -0.15) is 0 Å². The lowest BCUT2D eigenvalue weighted by Crippen LogP contribution is -2.39. The van der Waals surface area contributed by atoms with E-state index in [0.29, 0.717) is 5.41 Å². The van der Waals surface area contributed by atoms with E-state index in [0.717, 1.165) is 12.6 Å². The molecule has 0 atom stereocenters. The Morgan fingerprint density at radius 2 is 1.89 bits per heavy atom. The molecule has 0 saturated heterocycles. The summed E-state index contributed by atoms with van der Waals surface area (Å²) in [5, 5.41) is 3.77. The van der Waals surface area contributed by atoms with Crippen molar-refractivity contribution in [3.63, 3.8) is 0 Å². The number of halogens is 1. The van der Waals surface area contributed by atoms with Gasteiger partial charge in [0.2, 0.25) is 0 Å². The minimum absolute atomic E-state index is 0.315. The van der Waals surface area contributed by atoms with E-state index in [1.165, 1.54) is 48.6 Å². The van der Waals surface area contributed by atoms with E-state index in [1.54, 1.807) is 0 Å². The molecular weight excluding hydrogens is 298 g/mol. The van der Waals surface area contributed by atoms with Crippen LogP contribution >= 0.6 is 15.9 Å². The first-order valence-electron chi connectivity index (χ1n) is 7.69. The fourth-order valence-electron chi connectivity index (χ4n) is 3.10. The lowest BCUT2D eigenvalue weighted by atomic mass is 9.73. The quantitative estimate of drug-likeness (QED) is 0.706. The standard InChI is InChI=1S/C17H26BrN/c1-3-10-17(11-4-2,13-19-16-8-9-16)14-6-5-7-15(18)12-14/h5-7,12,16,19H,3-4,8-11,13H2,1-2H3. The Labute approximate surface area is 126 Å². The third-order valence-corrected chi connectivity index (χ3v) is 4.69. The lowest BCUT2D eigenvalue weighted by molar-refractivity contribution is 0.334. The number of hydrogen-bond acceptors (Lipinski definition) is 1. The summed E-state index contributed by atoms with van der Waals surface area (Å²) < 4.78 is 1.20. The van der Waals surface area contributed by atoms with Crippen LogP contribution in [0.25, 0.3) is 0 Å². The Kier molecular flexibility index (Phi) is 5.47. The molecule has 0 bridgehead atoms. The molecule has 1 saturated carbocycles. The molecule has 19 heavy (non-hydrogen) atoms. The maximum Gasteiger partial charge on any atom is 0.0178 e. The number of rotatable bonds is 8. The number of benzene rings is 1. The number of nitrogens with one attached hydrogen (secondary N) is 1. The predicted molar refractivity (Wildman–Crippen MR) is 86.7 cm³/mol. The van der Waals surface area contributed by atoms with E-state index in [2.05, 4.69) is 59.4 Å². The highest BCUT2D eigenvalue weighted by atomic mass is 79.9. The summed E-state index contributed by atoms with van der Waals surface area (Å²) >= 11 is 3.63. The molecule has 1 fully saturated rings. The summed E-state index contributed by atoms with van der Waals surface area (Å²) in [6.45, 7) is 5.74. The highest BCUT2D eigenvalue weighted by molar-refractivity contribution is 9.10. The van der Waals surface area contributed by atoms with Crippen LogP contribution in [0.15, 0.2) is 28.7 Å². The van der Waals surface area contributed by atoms with Gasteiger partial charge in [-0.25, -0.2) is 0 Å². The molecule has 0 amide bonds. The molecule has 0 aliphatic heterocycles. The first kappa shape index (κ1) is 15.1. The largest absolute Gasteiger partial charge is 0.313 e. The smallest absolute Gasteiger partial charge is 0.0178 e. The molecule has 1 aliphatic carbocycles. The molecule has 2 rings (SSSR count). The second kappa shape index (κ2) is 6.90. The van der Waals surface area contributed by atoms with Crippen molar-refractivity contribution in [3.8, 4) is 0 Å². The maximum absolute atomic E-state index is 3.77. The molecule has 0 unspecified atom stereocenters. The molecule has 1 nitrogen and oxygen atoms in total. The molecule has 1 aromatic rings. The van der Waals surface area contributed by atoms with Crippen LogP contribution in [-0.4, -0.2) is 12.6 Å². The summed E-state index contributed by atoms with van der Waals surface area (Å²) in [7, 11) is 0. The second-order valence-electron chi connectivity index (χ2n) is 5.95. The van der Waals surface area contributed by atoms with E-state index in [9.17, 15) is 0 Å². The van der Waals surface area contributed by atoms with E-state index in [4.69, 9.17) is 0 Å². The van der Waals surface area contributed by atoms with Gasteiger partial charge in [-0.3, -0.25) is 0 Å². The molecule has 0 radical (unpaired) electrons. The Balaban J connectivity index is 2.22. The first-order valence-corrected chi connectivity index (χ1v) is 8.49. The van der Waals surface area contributed by atoms with E-state index in [1.807, 2.05) is 0 Å². The van der Waals surface area contributed by atoms with Crippen molar-refractivity contribution in [1.82, 2.24) is 5.32 Å². The molecule has 0 spiro atoms. The van der Waals surface area contributed by atoms with Gasteiger partial charge in [0.15, 0.2) is 0 Å². The van der Waals surface area contributed by atoms with Gasteiger partial charge in [-0.1, -0.05) is 54.8 Å². The molecule has 1 aromatic carbocycles. The third-order valence-electron chi connectivity index (χ3n) is 4.20. The van der Waals surface area contributed by atoms with Crippen LogP contribution in [0, 0.1) is 0 Å². The van der Waals surface area contributed by atoms with Gasteiger partial charge in [0.1, 0.15) is 0 Å². The van der Waals surface area contributed by atoms with Gasteiger partial charge in [0.25, 0.3) is 0 Å². The first-order chi connectivity index (χ1) is 9.20. The monoisotopic (exact) mass is 323 g/mol. The predicted octanol–water partition coefficient (Wildman–Crippen LogP) is 5.04. The molecule has 1 N–H and O–H groups in total. The summed E-state index contributed by atoms with van der Waals surface area (Å²) in [6.07, 6.45) is 7.78. The zero-order chi connectivity index (χ0) is 13.7. The zero-order valence-electron chi connectivity index (χ0n) is 12.2. The van der Waals surface area contributed by atoms with E-state index < -0.39 is 0 Å².